The summed E-state index contributed by atoms with van der Waals surface area (Å²) in [6.45, 7) is 4.06. The third-order valence-corrected chi connectivity index (χ3v) is 5.87. The summed E-state index contributed by atoms with van der Waals surface area (Å²) in [7, 11) is 0. The fourth-order valence-corrected chi connectivity index (χ4v) is 4.47. The molecule has 4 nitrogen and oxygen atoms in total. The van der Waals surface area contributed by atoms with Crippen LogP contribution in [0.1, 0.15) is 17.5 Å². The Kier molecular flexibility index (Phi) is 5.55. The number of piperidine rings is 1. The smallest absolute Gasteiger partial charge is 0.244 e. The third-order valence-electron chi connectivity index (χ3n) is 5.63. The van der Waals surface area contributed by atoms with Crippen molar-refractivity contribution in [3.8, 4) is 0 Å². The van der Waals surface area contributed by atoms with Crippen LogP contribution in [0.5, 0.6) is 0 Å². The number of hydrogen-bond donors (Lipinski definition) is 1. The number of nitrogens with one attached hydrogen (secondary N) is 1. The molecular formula is C22H24ClN3O. The summed E-state index contributed by atoms with van der Waals surface area (Å²) >= 11 is 6.07. The second-order valence-corrected chi connectivity index (χ2v) is 7.95. The molecule has 1 aromatic carbocycles. The highest BCUT2D eigenvalue weighted by Gasteiger charge is 2.54. The Morgan fingerprint density at radius 3 is 2.85 bits per heavy atom. The second-order valence-electron chi connectivity index (χ2n) is 7.51. The van der Waals surface area contributed by atoms with Gasteiger partial charge in [-0.2, -0.15) is 0 Å². The molecule has 1 saturated carbocycles. The minimum absolute atomic E-state index is 0.0350. The summed E-state index contributed by atoms with van der Waals surface area (Å²) in [5, 5.41) is 3.80. The fourth-order valence-electron chi connectivity index (χ4n) is 4.25. The number of likely N-dealkylation sites (tertiary alicyclic amines) is 1. The Bertz CT molecular complexity index is 811. The van der Waals surface area contributed by atoms with E-state index < -0.39 is 0 Å². The van der Waals surface area contributed by atoms with E-state index in [-0.39, 0.29) is 5.91 Å². The van der Waals surface area contributed by atoms with Crippen molar-refractivity contribution in [2.75, 3.05) is 19.6 Å². The summed E-state index contributed by atoms with van der Waals surface area (Å²) in [4.78, 5) is 18.5. The summed E-state index contributed by atoms with van der Waals surface area (Å²) in [6, 6.07) is 11.9. The van der Waals surface area contributed by atoms with E-state index >= 15 is 0 Å². The third kappa shape index (κ3) is 4.76. The first kappa shape index (κ1) is 18.2. The molecule has 2 aliphatic rings. The first-order chi connectivity index (χ1) is 13.2. The molecule has 2 heterocycles. The molecule has 1 amide bonds. The molecule has 27 heavy (non-hydrogen) atoms. The maximum Gasteiger partial charge on any atom is 0.244 e. The van der Waals surface area contributed by atoms with Crippen LogP contribution in [-0.2, 0) is 11.3 Å². The monoisotopic (exact) mass is 381 g/mol. The highest BCUT2D eigenvalue weighted by molar-refractivity contribution is 6.30. The van der Waals surface area contributed by atoms with Gasteiger partial charge in [-0.3, -0.25) is 14.7 Å². The molecule has 2 fully saturated rings. The van der Waals surface area contributed by atoms with Crippen LogP contribution in [0.2, 0.25) is 5.02 Å². The lowest BCUT2D eigenvalue weighted by molar-refractivity contribution is -0.116. The van der Waals surface area contributed by atoms with Crippen molar-refractivity contribution in [3.63, 3.8) is 0 Å². The predicted molar refractivity (Wildman–Crippen MR) is 108 cm³/mol. The van der Waals surface area contributed by atoms with Gasteiger partial charge >= 0.3 is 0 Å². The molecular weight excluding hydrogens is 358 g/mol. The number of aromatic nitrogens is 1. The molecule has 5 heteroatoms. The van der Waals surface area contributed by atoms with Crippen LogP contribution in [-0.4, -0.2) is 35.4 Å². The van der Waals surface area contributed by atoms with Gasteiger partial charge in [0.15, 0.2) is 0 Å². The van der Waals surface area contributed by atoms with Gasteiger partial charge in [0.2, 0.25) is 5.91 Å². The fraction of sp³-hybridized carbons (Fsp3) is 0.364. The maximum atomic E-state index is 11.9. The number of halogens is 1. The molecule has 0 bridgehead atoms. The SMILES string of the molecule is O=C(/C=C/c1cccnc1)NCCC1C2CN(Cc3cccc(Cl)c3)CC12. The van der Waals surface area contributed by atoms with Gasteiger partial charge in [-0.25, -0.2) is 0 Å². The molecule has 2 unspecified atom stereocenters. The highest BCUT2D eigenvalue weighted by Crippen LogP contribution is 2.53. The zero-order valence-corrected chi connectivity index (χ0v) is 16.0. The zero-order chi connectivity index (χ0) is 18.6. The van der Waals surface area contributed by atoms with Gasteiger partial charge in [0.25, 0.3) is 0 Å². The average molecular weight is 382 g/mol. The second kappa shape index (κ2) is 8.24. The van der Waals surface area contributed by atoms with Crippen molar-refractivity contribution in [3.05, 3.63) is 71.0 Å². The van der Waals surface area contributed by atoms with Crippen LogP contribution in [0, 0.1) is 17.8 Å². The lowest BCUT2D eigenvalue weighted by atomic mass is 10.1. The first-order valence-electron chi connectivity index (χ1n) is 9.52. The van der Waals surface area contributed by atoms with E-state index in [2.05, 4.69) is 27.3 Å². The van der Waals surface area contributed by atoms with Gasteiger partial charge in [0.05, 0.1) is 0 Å². The van der Waals surface area contributed by atoms with Crippen LogP contribution in [0.15, 0.2) is 54.9 Å². The minimum Gasteiger partial charge on any atom is -0.353 e. The molecule has 1 saturated heterocycles. The van der Waals surface area contributed by atoms with E-state index in [0.717, 1.165) is 60.9 Å². The number of hydrogen-bond acceptors (Lipinski definition) is 3. The molecule has 0 spiro atoms. The van der Waals surface area contributed by atoms with Crippen molar-refractivity contribution in [1.29, 1.82) is 0 Å². The molecule has 4 rings (SSSR count). The Morgan fingerprint density at radius 2 is 2.11 bits per heavy atom. The molecule has 0 radical (unpaired) electrons. The van der Waals surface area contributed by atoms with Crippen molar-refractivity contribution in [1.82, 2.24) is 15.2 Å². The normalized spacial score (nSPS) is 24.1. The molecule has 1 aromatic heterocycles. The molecule has 2 aromatic rings. The lowest BCUT2D eigenvalue weighted by Gasteiger charge is -2.19. The number of benzene rings is 1. The van der Waals surface area contributed by atoms with E-state index in [1.165, 1.54) is 5.56 Å². The van der Waals surface area contributed by atoms with E-state index in [0.29, 0.717) is 0 Å². The van der Waals surface area contributed by atoms with Gasteiger partial charge in [-0.15, -0.1) is 0 Å². The first-order valence-corrected chi connectivity index (χ1v) is 9.89. The highest BCUT2D eigenvalue weighted by atomic mass is 35.5. The Balaban J connectivity index is 1.14. The molecule has 1 aliphatic carbocycles. The Morgan fingerprint density at radius 1 is 1.26 bits per heavy atom. The summed E-state index contributed by atoms with van der Waals surface area (Å²) in [6.07, 6.45) is 7.91. The van der Waals surface area contributed by atoms with Crippen molar-refractivity contribution >= 4 is 23.6 Å². The van der Waals surface area contributed by atoms with Crippen molar-refractivity contribution in [2.24, 2.45) is 17.8 Å². The predicted octanol–water partition coefficient (Wildman–Crippen LogP) is 3.63. The number of carbonyl (C=O) groups excluding carboxylic acids is 1. The van der Waals surface area contributed by atoms with Crippen molar-refractivity contribution < 1.29 is 4.79 Å². The van der Waals surface area contributed by atoms with Gasteiger partial charge in [0, 0.05) is 49.7 Å². The maximum absolute atomic E-state index is 11.9. The number of pyridine rings is 1. The van der Waals surface area contributed by atoms with E-state index in [1.54, 1.807) is 24.5 Å². The van der Waals surface area contributed by atoms with Gasteiger partial charge in [0.1, 0.15) is 0 Å². The standard InChI is InChI=1S/C22H24ClN3O/c23-18-5-1-3-17(11-18)13-26-14-20-19(21(20)15-26)8-10-25-22(27)7-6-16-4-2-9-24-12-16/h1-7,9,11-12,19-21H,8,10,13-15H2,(H,25,27)/b7-6+. The molecule has 140 valence electrons. The van der Waals surface area contributed by atoms with Gasteiger partial charge in [-0.1, -0.05) is 29.8 Å². The molecule has 2 atom stereocenters. The Labute approximate surface area is 165 Å². The molecule has 1 N–H and O–H groups in total. The lowest BCUT2D eigenvalue weighted by Crippen LogP contribution is -2.26. The Hall–Kier alpha value is -2.17. The average Bonchev–Trinajstić information content (AvgIpc) is 3.12. The number of fused-ring (bicyclic) bond motifs is 1. The number of amides is 1. The van der Waals surface area contributed by atoms with Crippen LogP contribution in [0.3, 0.4) is 0 Å². The van der Waals surface area contributed by atoms with Crippen LogP contribution >= 0.6 is 11.6 Å². The van der Waals surface area contributed by atoms with E-state index in [9.17, 15) is 4.79 Å². The van der Waals surface area contributed by atoms with Gasteiger partial charge in [-0.05, 0) is 59.6 Å². The summed E-state index contributed by atoms with van der Waals surface area (Å²) in [5.41, 5.74) is 2.22. The van der Waals surface area contributed by atoms with Gasteiger partial charge < -0.3 is 5.32 Å². The number of rotatable bonds is 7. The van der Waals surface area contributed by atoms with Crippen LogP contribution < -0.4 is 5.32 Å². The topological polar surface area (TPSA) is 45.2 Å². The summed E-state index contributed by atoms with van der Waals surface area (Å²) < 4.78 is 0. The zero-order valence-electron chi connectivity index (χ0n) is 15.2. The largest absolute Gasteiger partial charge is 0.353 e. The minimum atomic E-state index is -0.0350. The number of nitrogens with zero attached hydrogens (tertiary/aromatic N) is 2. The summed E-state index contributed by atoms with van der Waals surface area (Å²) in [5.74, 6) is 2.33. The van der Waals surface area contributed by atoms with E-state index in [1.807, 2.05) is 24.3 Å². The van der Waals surface area contributed by atoms with Crippen LogP contribution in [0.25, 0.3) is 6.08 Å². The number of carbonyl (C=O) groups is 1. The van der Waals surface area contributed by atoms with E-state index in [4.69, 9.17) is 11.6 Å². The quantitative estimate of drug-likeness (QED) is 0.745. The van der Waals surface area contributed by atoms with Crippen LogP contribution in [0.4, 0.5) is 0 Å². The van der Waals surface area contributed by atoms with Crippen molar-refractivity contribution in [2.45, 2.75) is 13.0 Å². The molecule has 1 aliphatic heterocycles.